The number of hydrogen-bond donors (Lipinski definition) is 1. The Morgan fingerprint density at radius 2 is 1.90 bits per heavy atom. The van der Waals surface area contributed by atoms with Gasteiger partial charge in [0.1, 0.15) is 10.9 Å². The molecule has 2 aromatic carbocycles. The number of thiophene rings is 1. The Balaban J connectivity index is 1.69. The van der Waals surface area contributed by atoms with Gasteiger partial charge in [-0.15, -0.1) is 11.3 Å². The molecule has 152 valence electrons. The lowest BCUT2D eigenvalue weighted by molar-refractivity contribution is -0.118. The molecule has 2 heterocycles. The summed E-state index contributed by atoms with van der Waals surface area (Å²) in [6.45, 7) is 5.59. The molecule has 7 heteroatoms. The molecule has 1 unspecified atom stereocenters. The summed E-state index contributed by atoms with van der Waals surface area (Å²) in [5, 5.41) is 5.86. The fraction of sp³-hybridized carbons (Fsp3) is 0.174. The third kappa shape index (κ3) is 3.76. The molecule has 0 radical (unpaired) electrons. The second kappa shape index (κ2) is 8.05. The van der Waals surface area contributed by atoms with Crippen LogP contribution in [0.5, 0.6) is 0 Å². The van der Waals surface area contributed by atoms with Crippen molar-refractivity contribution in [3.05, 3.63) is 80.7 Å². The van der Waals surface area contributed by atoms with Crippen molar-refractivity contribution in [1.29, 1.82) is 0 Å². The Bertz CT molecular complexity index is 1310. The van der Waals surface area contributed by atoms with Crippen LogP contribution in [-0.2, 0) is 4.79 Å². The molecule has 5 nitrogen and oxygen atoms in total. The van der Waals surface area contributed by atoms with Crippen LogP contribution < -0.4 is 10.9 Å². The number of amides is 1. The first-order valence-corrected chi connectivity index (χ1v) is 10.7. The van der Waals surface area contributed by atoms with E-state index in [1.54, 1.807) is 19.1 Å². The maximum atomic E-state index is 13.3. The van der Waals surface area contributed by atoms with Gasteiger partial charge in [0.05, 0.1) is 11.7 Å². The average molecular weight is 438 g/mol. The minimum Gasteiger partial charge on any atom is -0.324 e. The second-order valence-electron chi connectivity index (χ2n) is 7.28. The molecule has 4 rings (SSSR count). The number of nitrogens with one attached hydrogen (secondary N) is 1. The molecule has 30 heavy (non-hydrogen) atoms. The van der Waals surface area contributed by atoms with E-state index in [1.165, 1.54) is 22.2 Å². The van der Waals surface area contributed by atoms with Crippen molar-refractivity contribution in [3.8, 4) is 11.1 Å². The first-order valence-electron chi connectivity index (χ1n) is 9.47. The van der Waals surface area contributed by atoms with Crippen LogP contribution in [0.15, 0.2) is 59.0 Å². The number of carbonyl (C=O) groups excluding carboxylic acids is 1. The molecular weight excluding hydrogens is 418 g/mol. The molecule has 1 atom stereocenters. The molecule has 4 aromatic rings. The summed E-state index contributed by atoms with van der Waals surface area (Å²) in [5.41, 5.74) is 4.21. The van der Waals surface area contributed by atoms with Crippen LogP contribution in [0.4, 0.5) is 5.69 Å². The van der Waals surface area contributed by atoms with Crippen molar-refractivity contribution in [3.63, 3.8) is 0 Å². The summed E-state index contributed by atoms with van der Waals surface area (Å²) in [7, 11) is 0. The molecule has 0 aliphatic carbocycles. The van der Waals surface area contributed by atoms with Crippen molar-refractivity contribution in [2.24, 2.45) is 0 Å². The molecule has 0 aliphatic rings. The lowest BCUT2D eigenvalue weighted by Gasteiger charge is -2.15. The molecular formula is C23H20ClN3O2S. The predicted octanol–water partition coefficient (Wildman–Crippen LogP) is 5.59. The number of halogens is 1. The van der Waals surface area contributed by atoms with Crippen LogP contribution in [0.3, 0.4) is 0 Å². The predicted molar refractivity (Wildman–Crippen MR) is 124 cm³/mol. The van der Waals surface area contributed by atoms with Gasteiger partial charge < -0.3 is 5.32 Å². The highest BCUT2D eigenvalue weighted by atomic mass is 35.5. The highest BCUT2D eigenvalue weighted by molar-refractivity contribution is 7.17. The lowest BCUT2D eigenvalue weighted by atomic mass is 10.0. The topological polar surface area (TPSA) is 64.0 Å². The number of rotatable bonds is 4. The lowest BCUT2D eigenvalue weighted by Crippen LogP contribution is -2.31. The van der Waals surface area contributed by atoms with Gasteiger partial charge in [-0.3, -0.25) is 14.2 Å². The van der Waals surface area contributed by atoms with E-state index in [0.29, 0.717) is 20.9 Å². The highest BCUT2D eigenvalue weighted by Crippen LogP contribution is 2.31. The van der Waals surface area contributed by atoms with E-state index in [2.05, 4.69) is 10.3 Å². The Morgan fingerprint density at radius 3 is 2.60 bits per heavy atom. The minimum atomic E-state index is -0.736. The molecule has 0 bridgehead atoms. The summed E-state index contributed by atoms with van der Waals surface area (Å²) in [5.74, 6) is -0.315. The van der Waals surface area contributed by atoms with Crippen LogP contribution >= 0.6 is 22.9 Å². The zero-order valence-corrected chi connectivity index (χ0v) is 18.3. The van der Waals surface area contributed by atoms with Gasteiger partial charge in [0.2, 0.25) is 5.91 Å². The first kappa shape index (κ1) is 20.3. The summed E-state index contributed by atoms with van der Waals surface area (Å²) in [6, 6.07) is 12.6. The van der Waals surface area contributed by atoms with Gasteiger partial charge in [-0.05, 0) is 44.0 Å². The van der Waals surface area contributed by atoms with E-state index >= 15 is 0 Å². The van der Waals surface area contributed by atoms with E-state index in [4.69, 9.17) is 11.6 Å². The van der Waals surface area contributed by atoms with Gasteiger partial charge in [-0.2, -0.15) is 0 Å². The SMILES string of the molecule is Cc1ccc(-c2csc3ncn(C(C)C(=O)Nc4ccc(C)c(Cl)c4)c(=O)c23)cc1. The van der Waals surface area contributed by atoms with E-state index < -0.39 is 6.04 Å². The molecule has 0 saturated carbocycles. The summed E-state index contributed by atoms with van der Waals surface area (Å²) in [4.78, 5) is 31.1. The quantitative estimate of drug-likeness (QED) is 0.452. The van der Waals surface area contributed by atoms with Crippen LogP contribution in [0.25, 0.3) is 21.3 Å². The van der Waals surface area contributed by atoms with Gasteiger partial charge >= 0.3 is 0 Å². The first-order chi connectivity index (χ1) is 14.3. The summed E-state index contributed by atoms with van der Waals surface area (Å²) >= 11 is 7.56. The summed E-state index contributed by atoms with van der Waals surface area (Å²) < 4.78 is 1.37. The maximum absolute atomic E-state index is 13.3. The Kier molecular flexibility index (Phi) is 5.45. The fourth-order valence-corrected chi connectivity index (χ4v) is 4.30. The van der Waals surface area contributed by atoms with Crippen molar-refractivity contribution in [2.75, 3.05) is 5.32 Å². The molecule has 1 N–H and O–H groups in total. The largest absolute Gasteiger partial charge is 0.324 e. The third-order valence-corrected chi connectivity index (χ3v) is 6.41. The number of aromatic nitrogens is 2. The standard InChI is InChI=1S/C23H20ClN3O2S/c1-13-4-7-16(8-5-13)18-11-30-22-20(18)23(29)27(12-25-22)15(3)21(28)26-17-9-6-14(2)19(24)10-17/h4-12,15H,1-3H3,(H,26,28). The van der Waals surface area contributed by atoms with Gasteiger partial charge in [0, 0.05) is 21.7 Å². The van der Waals surface area contributed by atoms with E-state index in [1.807, 2.05) is 49.6 Å². The number of fused-ring (bicyclic) bond motifs is 1. The number of benzene rings is 2. The highest BCUT2D eigenvalue weighted by Gasteiger charge is 2.20. The van der Waals surface area contributed by atoms with Gasteiger partial charge in [-0.25, -0.2) is 4.98 Å². The van der Waals surface area contributed by atoms with Gasteiger partial charge in [-0.1, -0.05) is 47.5 Å². The molecule has 0 fully saturated rings. The number of hydrogen-bond acceptors (Lipinski definition) is 4. The number of aryl methyl sites for hydroxylation is 2. The zero-order valence-electron chi connectivity index (χ0n) is 16.8. The molecule has 1 amide bonds. The van der Waals surface area contributed by atoms with Crippen LogP contribution in [-0.4, -0.2) is 15.5 Å². The third-order valence-electron chi connectivity index (χ3n) is 5.12. The molecule has 0 aliphatic heterocycles. The van der Waals surface area contributed by atoms with Crippen LogP contribution in [0.1, 0.15) is 24.1 Å². The normalized spacial score (nSPS) is 12.1. The smallest absolute Gasteiger partial charge is 0.263 e. The van der Waals surface area contributed by atoms with Crippen molar-refractivity contribution in [1.82, 2.24) is 9.55 Å². The molecule has 0 saturated heterocycles. The Morgan fingerprint density at radius 1 is 1.17 bits per heavy atom. The molecule has 2 aromatic heterocycles. The molecule has 0 spiro atoms. The maximum Gasteiger partial charge on any atom is 0.263 e. The number of nitrogens with zero attached hydrogens (tertiary/aromatic N) is 2. The van der Waals surface area contributed by atoms with Crippen LogP contribution in [0.2, 0.25) is 5.02 Å². The fourth-order valence-electron chi connectivity index (χ4n) is 3.21. The second-order valence-corrected chi connectivity index (χ2v) is 8.55. The van der Waals surface area contributed by atoms with Crippen molar-refractivity contribution >= 4 is 44.7 Å². The van der Waals surface area contributed by atoms with E-state index in [-0.39, 0.29) is 11.5 Å². The Hall–Kier alpha value is -2.96. The van der Waals surface area contributed by atoms with Crippen molar-refractivity contribution in [2.45, 2.75) is 26.8 Å². The minimum absolute atomic E-state index is 0.235. The van der Waals surface area contributed by atoms with Gasteiger partial charge in [0.25, 0.3) is 5.56 Å². The number of carbonyl (C=O) groups is 1. The summed E-state index contributed by atoms with van der Waals surface area (Å²) in [6.07, 6.45) is 1.44. The number of anilines is 1. The Labute approximate surface area is 183 Å². The zero-order chi connectivity index (χ0) is 21.4. The monoisotopic (exact) mass is 437 g/mol. The van der Waals surface area contributed by atoms with E-state index in [0.717, 1.165) is 22.3 Å². The van der Waals surface area contributed by atoms with Crippen molar-refractivity contribution < 1.29 is 4.79 Å². The average Bonchev–Trinajstić information content (AvgIpc) is 3.16. The van der Waals surface area contributed by atoms with E-state index in [9.17, 15) is 9.59 Å². The van der Waals surface area contributed by atoms with Crippen LogP contribution in [0, 0.1) is 13.8 Å². The van der Waals surface area contributed by atoms with Gasteiger partial charge in [0.15, 0.2) is 0 Å².